The number of pyridine rings is 1. The summed E-state index contributed by atoms with van der Waals surface area (Å²) in [7, 11) is 0. The van der Waals surface area contributed by atoms with E-state index in [4.69, 9.17) is 0 Å². The summed E-state index contributed by atoms with van der Waals surface area (Å²) in [5.41, 5.74) is 12.0. The third-order valence-corrected chi connectivity index (χ3v) is 9.06. The van der Waals surface area contributed by atoms with E-state index in [1.54, 1.807) is 27.9 Å². The van der Waals surface area contributed by atoms with Gasteiger partial charge in [0, 0.05) is 12.4 Å². The van der Waals surface area contributed by atoms with Crippen molar-refractivity contribution in [3.05, 3.63) is 129 Å². The van der Waals surface area contributed by atoms with Crippen LogP contribution in [-0.2, 0) is 0 Å². The second kappa shape index (κ2) is 12.2. The van der Waals surface area contributed by atoms with E-state index in [1.165, 1.54) is 56.8 Å². The van der Waals surface area contributed by atoms with Crippen LogP contribution in [0.5, 0.6) is 0 Å². The number of rotatable bonds is 8. The average Bonchev–Trinajstić information content (AvgIpc) is 3.03. The van der Waals surface area contributed by atoms with Crippen molar-refractivity contribution >= 4 is 27.9 Å². The number of hydrogen-bond acceptors (Lipinski definition) is 1. The summed E-state index contributed by atoms with van der Waals surface area (Å²) in [6, 6.07) is 22.6. The monoisotopic (exact) mass is 523 g/mol. The van der Waals surface area contributed by atoms with Crippen LogP contribution in [0.2, 0.25) is 0 Å². The molecule has 1 heteroatoms. The van der Waals surface area contributed by atoms with Crippen LogP contribution in [-0.4, -0.2) is 4.98 Å². The lowest BCUT2D eigenvalue weighted by atomic mass is 9.79. The second-order valence-electron chi connectivity index (χ2n) is 11.4. The third-order valence-electron chi connectivity index (χ3n) is 9.06. The number of aromatic nitrogens is 1. The van der Waals surface area contributed by atoms with E-state index in [0.717, 1.165) is 44.9 Å². The van der Waals surface area contributed by atoms with Crippen molar-refractivity contribution in [3.8, 4) is 0 Å². The zero-order valence-electron chi connectivity index (χ0n) is 24.2. The summed E-state index contributed by atoms with van der Waals surface area (Å²) in [6.45, 7) is 4.61. The molecule has 0 N–H and O–H groups in total. The van der Waals surface area contributed by atoms with E-state index in [2.05, 4.69) is 91.7 Å². The van der Waals surface area contributed by atoms with Gasteiger partial charge < -0.3 is 0 Å². The van der Waals surface area contributed by atoms with E-state index in [0.29, 0.717) is 0 Å². The number of allylic oxidation sites excluding steroid dienone is 6. The van der Waals surface area contributed by atoms with Crippen LogP contribution in [0.25, 0.3) is 27.9 Å². The normalized spacial score (nSPS) is 17.3. The fourth-order valence-electron chi connectivity index (χ4n) is 6.99. The molecular formula is C39H41N. The highest BCUT2D eigenvalue weighted by Crippen LogP contribution is 2.35. The Morgan fingerprint density at radius 3 is 1.95 bits per heavy atom. The highest BCUT2D eigenvalue weighted by Gasteiger charge is 2.21. The summed E-state index contributed by atoms with van der Waals surface area (Å²) < 4.78 is 0. The maximum Gasteiger partial charge on any atom is 0.0343 e. The second-order valence-corrected chi connectivity index (χ2v) is 11.4. The number of fused-ring (bicyclic) bond motifs is 2. The van der Waals surface area contributed by atoms with Gasteiger partial charge in [0.25, 0.3) is 0 Å². The Labute approximate surface area is 239 Å². The molecule has 0 amide bonds. The lowest BCUT2D eigenvalue weighted by Crippen LogP contribution is -2.37. The zero-order chi connectivity index (χ0) is 27.3. The van der Waals surface area contributed by atoms with Crippen LogP contribution >= 0.6 is 0 Å². The Morgan fingerprint density at radius 1 is 0.675 bits per heavy atom. The number of hydrogen-bond donors (Lipinski definition) is 0. The molecule has 6 rings (SSSR count). The highest BCUT2D eigenvalue weighted by molar-refractivity contribution is 5.92. The maximum absolute atomic E-state index is 4.33. The van der Waals surface area contributed by atoms with Gasteiger partial charge in [-0.2, -0.15) is 0 Å². The van der Waals surface area contributed by atoms with Crippen LogP contribution in [0.4, 0.5) is 0 Å². The van der Waals surface area contributed by atoms with Crippen molar-refractivity contribution in [2.45, 2.75) is 78.1 Å². The minimum absolute atomic E-state index is 1.08. The van der Waals surface area contributed by atoms with Gasteiger partial charge in [0.1, 0.15) is 0 Å². The zero-order valence-corrected chi connectivity index (χ0v) is 24.2. The molecular weight excluding hydrogens is 482 g/mol. The van der Waals surface area contributed by atoms with E-state index in [-0.39, 0.29) is 0 Å². The first-order valence-corrected chi connectivity index (χ1v) is 15.4. The molecule has 0 saturated heterocycles. The molecule has 0 bridgehead atoms. The quantitative estimate of drug-likeness (QED) is 0.282. The van der Waals surface area contributed by atoms with Crippen LogP contribution in [0.1, 0.15) is 83.6 Å². The average molecular weight is 524 g/mol. The Balaban J connectivity index is 1.50. The molecule has 3 aromatic rings. The fourth-order valence-corrected chi connectivity index (χ4v) is 6.99. The van der Waals surface area contributed by atoms with Crippen LogP contribution in [0.15, 0.2) is 102 Å². The van der Waals surface area contributed by atoms with E-state index in [9.17, 15) is 0 Å². The minimum Gasteiger partial charge on any atom is -0.264 e. The maximum atomic E-state index is 4.33. The Morgan fingerprint density at radius 2 is 1.30 bits per heavy atom. The number of unbranched alkanes of at least 4 members (excludes halogenated alkanes) is 2. The molecule has 0 aliphatic heterocycles. The van der Waals surface area contributed by atoms with Gasteiger partial charge in [0.15, 0.2) is 0 Å². The fraction of sp³-hybridized carbons (Fsp3) is 0.308. The summed E-state index contributed by atoms with van der Waals surface area (Å²) in [4.78, 5) is 4.33. The smallest absolute Gasteiger partial charge is 0.0343 e. The van der Waals surface area contributed by atoms with E-state index >= 15 is 0 Å². The number of benzene rings is 2. The Bertz CT molecular complexity index is 1740. The van der Waals surface area contributed by atoms with Crippen LogP contribution in [0, 0.1) is 0 Å². The summed E-state index contributed by atoms with van der Waals surface area (Å²) in [5, 5.41) is 5.83. The Hall–Kier alpha value is -3.71. The van der Waals surface area contributed by atoms with Crippen molar-refractivity contribution in [2.24, 2.45) is 0 Å². The first-order chi connectivity index (χ1) is 19.8. The molecule has 0 atom stereocenters. The largest absolute Gasteiger partial charge is 0.264 e. The van der Waals surface area contributed by atoms with Gasteiger partial charge in [-0.1, -0.05) is 99.5 Å². The lowest BCUT2D eigenvalue weighted by Gasteiger charge is -2.25. The molecule has 1 nitrogen and oxygen atoms in total. The van der Waals surface area contributed by atoms with Gasteiger partial charge in [-0.15, -0.1) is 0 Å². The molecule has 0 radical (unpaired) electrons. The standard InChI is InChI=1S/C39H41N/c1-3-5-6-12-28(4-2)32-22-24-38(36-16-9-7-14-34(32)36)39-25-23-33(35-15-8-10-17-37(35)39)30-20-18-29(19-21-30)31-13-11-26-40-27-31/h7-18,20,26-27H,3-6,19,21-25H2,1-2H3/b28-12+. The molecule has 40 heavy (non-hydrogen) atoms. The molecule has 0 unspecified atom stereocenters. The first kappa shape index (κ1) is 26.5. The van der Waals surface area contributed by atoms with Crippen LogP contribution in [0.3, 0.4) is 0 Å². The first-order valence-electron chi connectivity index (χ1n) is 15.4. The van der Waals surface area contributed by atoms with Gasteiger partial charge >= 0.3 is 0 Å². The van der Waals surface area contributed by atoms with E-state index < -0.39 is 0 Å². The predicted molar refractivity (Wildman–Crippen MR) is 171 cm³/mol. The van der Waals surface area contributed by atoms with Crippen molar-refractivity contribution < 1.29 is 0 Å². The molecule has 1 heterocycles. The SMILES string of the molecule is CCCC/C=C(\CC)C1=c2ccccc2=C(C2=c3ccccc3=C(C3=CC=C(c4cccnc4)CC3)CC2)CC1. The molecule has 0 saturated carbocycles. The van der Waals surface area contributed by atoms with Gasteiger partial charge in [-0.3, -0.25) is 4.98 Å². The molecule has 1 aromatic heterocycles. The molecule has 2 aromatic carbocycles. The van der Waals surface area contributed by atoms with Crippen molar-refractivity contribution in [1.29, 1.82) is 0 Å². The Kier molecular flexibility index (Phi) is 8.09. The third kappa shape index (κ3) is 5.22. The molecule has 0 fully saturated rings. The summed E-state index contributed by atoms with van der Waals surface area (Å²) in [5.74, 6) is 0. The molecule has 0 spiro atoms. The highest BCUT2D eigenvalue weighted by atomic mass is 14.6. The van der Waals surface area contributed by atoms with Gasteiger partial charge in [-0.25, -0.2) is 0 Å². The van der Waals surface area contributed by atoms with E-state index in [1.807, 2.05) is 18.5 Å². The lowest BCUT2D eigenvalue weighted by molar-refractivity contribution is 0.809. The topological polar surface area (TPSA) is 12.9 Å². The van der Waals surface area contributed by atoms with Gasteiger partial charge in [0.2, 0.25) is 0 Å². The van der Waals surface area contributed by atoms with Crippen molar-refractivity contribution in [1.82, 2.24) is 4.98 Å². The van der Waals surface area contributed by atoms with Crippen LogP contribution < -0.4 is 20.9 Å². The molecule has 3 aliphatic rings. The van der Waals surface area contributed by atoms with Gasteiger partial charge in [-0.05, 0) is 123 Å². The summed E-state index contributed by atoms with van der Waals surface area (Å²) in [6.07, 6.45) is 22.6. The molecule has 3 aliphatic carbocycles. The summed E-state index contributed by atoms with van der Waals surface area (Å²) >= 11 is 0. The molecule has 202 valence electrons. The number of nitrogens with zero attached hydrogens (tertiary/aromatic N) is 1. The van der Waals surface area contributed by atoms with Crippen molar-refractivity contribution in [3.63, 3.8) is 0 Å². The van der Waals surface area contributed by atoms with Gasteiger partial charge in [0.05, 0.1) is 0 Å². The predicted octanol–water partition coefficient (Wildman–Crippen LogP) is 7.30. The van der Waals surface area contributed by atoms with Crippen molar-refractivity contribution in [2.75, 3.05) is 0 Å². The minimum atomic E-state index is 1.08.